The molecule has 0 aliphatic heterocycles. The number of amides is 1. The van der Waals surface area contributed by atoms with Crippen molar-refractivity contribution >= 4 is 27.5 Å². The van der Waals surface area contributed by atoms with E-state index in [2.05, 4.69) is 27.3 Å². The van der Waals surface area contributed by atoms with Gasteiger partial charge in [0.05, 0.1) is 11.7 Å². The Hall–Kier alpha value is -3.29. The van der Waals surface area contributed by atoms with Gasteiger partial charge in [-0.05, 0) is 37.7 Å². The van der Waals surface area contributed by atoms with Gasteiger partial charge in [0.25, 0.3) is 5.56 Å². The number of hydrogen-bond acceptors (Lipinski definition) is 5. The number of fused-ring (bicyclic) bond motifs is 1. The number of benzene rings is 2. The van der Waals surface area contributed by atoms with Crippen molar-refractivity contribution in [3.05, 3.63) is 87.3 Å². The van der Waals surface area contributed by atoms with Crippen LogP contribution in [0.3, 0.4) is 0 Å². The Balaban J connectivity index is 1.40. The first kappa shape index (κ1) is 22.9. The number of carbonyl (C=O) groups is 1. The van der Waals surface area contributed by atoms with Crippen LogP contribution >= 0.6 is 11.3 Å². The summed E-state index contributed by atoms with van der Waals surface area (Å²) < 4.78 is 1.53. The summed E-state index contributed by atoms with van der Waals surface area (Å²) in [5.41, 5.74) is 5.23. The van der Waals surface area contributed by atoms with Gasteiger partial charge in [-0.15, -0.1) is 11.3 Å². The maximum atomic E-state index is 13.1. The van der Waals surface area contributed by atoms with E-state index in [0.29, 0.717) is 23.3 Å². The highest BCUT2D eigenvalue weighted by molar-refractivity contribution is 7.17. The minimum Gasteiger partial charge on any atom is -0.352 e. The molecule has 1 amide bonds. The zero-order valence-corrected chi connectivity index (χ0v) is 20.0. The van der Waals surface area contributed by atoms with Crippen LogP contribution in [0.4, 0.5) is 0 Å². The molecular weight excluding hydrogens is 432 g/mol. The van der Waals surface area contributed by atoms with Gasteiger partial charge in [0.1, 0.15) is 4.83 Å². The summed E-state index contributed by atoms with van der Waals surface area (Å²) in [4.78, 5) is 32.8. The number of thiophene rings is 1. The molecule has 0 aliphatic rings. The second-order valence-corrected chi connectivity index (χ2v) is 9.38. The standard InChI is InChI=1S/C26H28N4O2S/c1-18-4-10-21(11-5-18)22-16-33-25-24(22)26(32)30(17-28-25)13-12-23(31)27-14-19-6-8-20(9-7-19)15-29(2)3/h4-11,16-17H,12-15H2,1-3H3,(H,27,31). The van der Waals surface area contributed by atoms with E-state index in [-0.39, 0.29) is 17.9 Å². The normalized spacial score (nSPS) is 11.3. The van der Waals surface area contributed by atoms with Crippen LogP contribution in [0, 0.1) is 6.92 Å². The number of nitrogens with one attached hydrogen (secondary N) is 1. The lowest BCUT2D eigenvalue weighted by Crippen LogP contribution is -2.27. The van der Waals surface area contributed by atoms with Crippen molar-refractivity contribution in [3.63, 3.8) is 0 Å². The summed E-state index contributed by atoms with van der Waals surface area (Å²) in [5, 5.41) is 5.53. The predicted molar refractivity (Wildman–Crippen MR) is 134 cm³/mol. The monoisotopic (exact) mass is 460 g/mol. The molecule has 4 aromatic rings. The smallest absolute Gasteiger partial charge is 0.262 e. The van der Waals surface area contributed by atoms with E-state index in [1.165, 1.54) is 33.4 Å². The number of nitrogens with zero attached hydrogens (tertiary/aromatic N) is 3. The van der Waals surface area contributed by atoms with Crippen LogP contribution in [0.2, 0.25) is 0 Å². The zero-order chi connectivity index (χ0) is 23.4. The molecule has 0 aliphatic carbocycles. The molecule has 0 spiro atoms. The molecule has 4 rings (SSSR count). The highest BCUT2D eigenvalue weighted by atomic mass is 32.1. The number of hydrogen-bond donors (Lipinski definition) is 1. The summed E-state index contributed by atoms with van der Waals surface area (Å²) in [6.07, 6.45) is 1.76. The van der Waals surface area contributed by atoms with E-state index in [1.807, 2.05) is 62.8 Å². The van der Waals surface area contributed by atoms with Gasteiger partial charge in [0, 0.05) is 37.0 Å². The fourth-order valence-corrected chi connectivity index (χ4v) is 4.62. The molecule has 1 N–H and O–H groups in total. The summed E-state index contributed by atoms with van der Waals surface area (Å²) in [6, 6.07) is 16.3. The van der Waals surface area contributed by atoms with Crippen LogP contribution in [0.5, 0.6) is 0 Å². The number of rotatable bonds is 8. The Morgan fingerprint density at radius 2 is 1.76 bits per heavy atom. The molecule has 6 nitrogen and oxygen atoms in total. The summed E-state index contributed by atoms with van der Waals surface area (Å²) in [5.74, 6) is -0.0940. The van der Waals surface area contributed by atoms with E-state index >= 15 is 0 Å². The zero-order valence-electron chi connectivity index (χ0n) is 19.2. The van der Waals surface area contributed by atoms with Crippen LogP contribution in [-0.4, -0.2) is 34.5 Å². The molecule has 0 fully saturated rings. The van der Waals surface area contributed by atoms with Gasteiger partial charge in [-0.25, -0.2) is 4.98 Å². The number of carbonyl (C=O) groups excluding carboxylic acids is 1. The van der Waals surface area contributed by atoms with Gasteiger partial charge in [-0.1, -0.05) is 54.1 Å². The lowest BCUT2D eigenvalue weighted by Gasteiger charge is -2.11. The fourth-order valence-electron chi connectivity index (χ4n) is 3.71. The van der Waals surface area contributed by atoms with Crippen molar-refractivity contribution < 1.29 is 4.79 Å². The maximum Gasteiger partial charge on any atom is 0.262 e. The van der Waals surface area contributed by atoms with Crippen LogP contribution in [0.15, 0.2) is 65.0 Å². The van der Waals surface area contributed by atoms with Gasteiger partial charge in [-0.3, -0.25) is 14.2 Å². The molecule has 0 saturated carbocycles. The summed E-state index contributed by atoms with van der Waals surface area (Å²) >= 11 is 1.46. The van der Waals surface area contributed by atoms with E-state index in [0.717, 1.165) is 23.2 Å². The Bertz CT molecular complexity index is 1310. The lowest BCUT2D eigenvalue weighted by atomic mass is 10.1. The van der Waals surface area contributed by atoms with Gasteiger partial charge in [-0.2, -0.15) is 0 Å². The molecule has 2 aromatic heterocycles. The highest BCUT2D eigenvalue weighted by Crippen LogP contribution is 2.30. The van der Waals surface area contributed by atoms with Crippen LogP contribution in [-0.2, 0) is 24.4 Å². The molecule has 7 heteroatoms. The largest absolute Gasteiger partial charge is 0.352 e. The van der Waals surface area contributed by atoms with Crippen LogP contribution in [0.1, 0.15) is 23.1 Å². The topological polar surface area (TPSA) is 67.2 Å². The first-order chi connectivity index (χ1) is 15.9. The van der Waals surface area contributed by atoms with E-state index in [4.69, 9.17) is 0 Å². The molecule has 170 valence electrons. The van der Waals surface area contributed by atoms with Crippen LogP contribution in [0.25, 0.3) is 21.3 Å². The number of aryl methyl sites for hydroxylation is 2. The van der Waals surface area contributed by atoms with Crippen molar-refractivity contribution in [2.45, 2.75) is 33.0 Å². The summed E-state index contributed by atoms with van der Waals surface area (Å²) in [6.45, 7) is 3.68. The van der Waals surface area contributed by atoms with E-state index in [1.54, 1.807) is 0 Å². The van der Waals surface area contributed by atoms with E-state index < -0.39 is 0 Å². The van der Waals surface area contributed by atoms with Gasteiger partial charge in [0.15, 0.2) is 0 Å². The molecule has 0 atom stereocenters. The first-order valence-electron chi connectivity index (χ1n) is 10.9. The van der Waals surface area contributed by atoms with Crippen molar-refractivity contribution in [2.24, 2.45) is 0 Å². The molecule has 0 bridgehead atoms. The predicted octanol–water partition coefficient (Wildman–Crippen LogP) is 4.20. The molecule has 2 aromatic carbocycles. The van der Waals surface area contributed by atoms with Crippen molar-refractivity contribution in [1.29, 1.82) is 0 Å². The summed E-state index contributed by atoms with van der Waals surface area (Å²) in [7, 11) is 4.07. The van der Waals surface area contributed by atoms with Crippen molar-refractivity contribution in [2.75, 3.05) is 14.1 Å². The number of aromatic nitrogens is 2. The molecule has 0 radical (unpaired) electrons. The van der Waals surface area contributed by atoms with E-state index in [9.17, 15) is 9.59 Å². The van der Waals surface area contributed by atoms with Gasteiger partial charge in [0.2, 0.25) is 5.91 Å². The molecule has 33 heavy (non-hydrogen) atoms. The Labute approximate surface area is 197 Å². The van der Waals surface area contributed by atoms with Crippen molar-refractivity contribution in [3.8, 4) is 11.1 Å². The minimum atomic E-state index is -0.110. The average molecular weight is 461 g/mol. The Morgan fingerprint density at radius 1 is 1.06 bits per heavy atom. The van der Waals surface area contributed by atoms with Gasteiger partial charge < -0.3 is 10.2 Å². The van der Waals surface area contributed by atoms with Crippen molar-refractivity contribution in [1.82, 2.24) is 19.8 Å². The molecule has 2 heterocycles. The maximum absolute atomic E-state index is 13.1. The second-order valence-electron chi connectivity index (χ2n) is 8.52. The quantitative estimate of drug-likeness (QED) is 0.428. The van der Waals surface area contributed by atoms with Gasteiger partial charge >= 0.3 is 0 Å². The lowest BCUT2D eigenvalue weighted by molar-refractivity contribution is -0.121. The Morgan fingerprint density at radius 3 is 2.45 bits per heavy atom. The third kappa shape index (κ3) is 5.56. The molecule has 0 unspecified atom stereocenters. The first-order valence-corrected chi connectivity index (χ1v) is 11.8. The average Bonchev–Trinajstić information content (AvgIpc) is 3.23. The second kappa shape index (κ2) is 10.1. The third-order valence-electron chi connectivity index (χ3n) is 5.51. The highest BCUT2D eigenvalue weighted by Gasteiger charge is 2.14. The Kier molecular flexibility index (Phi) is 7.01. The minimum absolute atomic E-state index is 0.0940. The third-order valence-corrected chi connectivity index (χ3v) is 6.40. The van der Waals surface area contributed by atoms with Crippen LogP contribution < -0.4 is 10.9 Å². The molecule has 0 saturated heterocycles. The fraction of sp³-hybridized carbons (Fsp3) is 0.269. The SMILES string of the molecule is Cc1ccc(-c2csc3ncn(CCC(=O)NCc4ccc(CN(C)C)cc4)c(=O)c23)cc1. The molecular formula is C26H28N4O2S.